The molecule has 0 rings (SSSR count). The van der Waals surface area contributed by atoms with Crippen molar-refractivity contribution in [2.75, 3.05) is 39.6 Å². The van der Waals surface area contributed by atoms with Gasteiger partial charge in [0.2, 0.25) is 0 Å². The number of ether oxygens (including phenoxy) is 4. The van der Waals surface area contributed by atoms with E-state index in [1.54, 1.807) is 12.2 Å². The van der Waals surface area contributed by atoms with Crippen LogP contribution in [-0.2, 0) is 65.4 Å². The monoisotopic (exact) mass is 1570 g/mol. The summed E-state index contributed by atoms with van der Waals surface area (Å²) < 4.78 is 68.4. The van der Waals surface area contributed by atoms with Gasteiger partial charge in [-0.1, -0.05) is 298 Å². The fourth-order valence-corrected chi connectivity index (χ4v) is 11.4. The number of allylic oxidation sites excluding steroid dienone is 35. The van der Waals surface area contributed by atoms with Gasteiger partial charge in [-0.15, -0.1) is 0 Å². The average molecular weight is 1570 g/mol. The Kier molecular flexibility index (Phi) is 75.6. The third-order valence-corrected chi connectivity index (χ3v) is 17.9. The van der Waals surface area contributed by atoms with E-state index in [1.807, 2.05) is 30.4 Å². The van der Waals surface area contributed by atoms with Gasteiger partial charge in [0.15, 0.2) is 12.2 Å². The number of phosphoric ester groups is 2. The lowest BCUT2D eigenvalue weighted by Crippen LogP contribution is -2.30. The SMILES string of the molecule is CC/C=C\C/C=C\C/C=C\C/C=C\C/C=C\C/C=C\CCC(=O)OCC(COP(=O)(O)OCC(O)COP(=O)(O)OCC(COC(=O)CCCCCCCC/C=C\C/C=C\C/C=C\CCCCC)OC(=O)C/C=C\C/C=C\C/C=C\C/C=C\C/C=C\CC)OC(=O)CCCCCC/C=C\C/C=C\C/C=C\C/C=C\CC. The van der Waals surface area contributed by atoms with Crippen LogP contribution < -0.4 is 0 Å². The van der Waals surface area contributed by atoms with Crippen LogP contribution in [0.15, 0.2) is 219 Å². The van der Waals surface area contributed by atoms with Crippen molar-refractivity contribution in [3.63, 3.8) is 0 Å². The molecule has 0 fully saturated rings. The highest BCUT2D eigenvalue weighted by molar-refractivity contribution is 7.47. The third-order valence-electron chi connectivity index (χ3n) is 16.0. The molecular formula is C91H142O17P2. The molecule has 19 heteroatoms. The Morgan fingerprint density at radius 2 is 0.527 bits per heavy atom. The molecule has 0 saturated carbocycles. The van der Waals surface area contributed by atoms with Crippen molar-refractivity contribution in [2.24, 2.45) is 0 Å². The zero-order valence-electron chi connectivity index (χ0n) is 67.6. The van der Waals surface area contributed by atoms with Crippen LogP contribution >= 0.6 is 15.6 Å². The van der Waals surface area contributed by atoms with Crippen molar-refractivity contribution in [1.29, 1.82) is 0 Å². The van der Waals surface area contributed by atoms with Crippen molar-refractivity contribution < 1.29 is 80.2 Å². The van der Waals surface area contributed by atoms with E-state index in [9.17, 15) is 43.2 Å². The third kappa shape index (κ3) is 79.5. The Morgan fingerprint density at radius 1 is 0.273 bits per heavy atom. The molecular weight excluding hydrogens is 1430 g/mol. The lowest BCUT2D eigenvalue weighted by atomic mass is 10.1. The Balaban J connectivity index is 5.56. The Bertz CT molecular complexity index is 2950. The van der Waals surface area contributed by atoms with Gasteiger partial charge in [0, 0.05) is 19.3 Å². The van der Waals surface area contributed by atoms with Gasteiger partial charge >= 0.3 is 39.5 Å². The molecule has 0 aliphatic heterocycles. The van der Waals surface area contributed by atoms with Gasteiger partial charge in [-0.05, 0) is 167 Å². The van der Waals surface area contributed by atoms with E-state index in [0.717, 1.165) is 167 Å². The van der Waals surface area contributed by atoms with Crippen molar-refractivity contribution in [1.82, 2.24) is 0 Å². The molecule has 0 saturated heterocycles. The van der Waals surface area contributed by atoms with Gasteiger partial charge < -0.3 is 33.8 Å². The first-order valence-corrected chi connectivity index (χ1v) is 44.0. The molecule has 0 aromatic heterocycles. The van der Waals surface area contributed by atoms with Crippen molar-refractivity contribution in [3.8, 4) is 0 Å². The van der Waals surface area contributed by atoms with Crippen molar-refractivity contribution in [3.05, 3.63) is 219 Å². The predicted molar refractivity (Wildman–Crippen MR) is 454 cm³/mol. The maximum absolute atomic E-state index is 13.1. The zero-order valence-corrected chi connectivity index (χ0v) is 69.4. The largest absolute Gasteiger partial charge is 0.472 e. The lowest BCUT2D eigenvalue weighted by molar-refractivity contribution is -0.161. The van der Waals surface area contributed by atoms with Crippen LogP contribution in [0.5, 0.6) is 0 Å². The molecule has 5 atom stereocenters. The van der Waals surface area contributed by atoms with Crippen molar-refractivity contribution >= 4 is 39.5 Å². The fourth-order valence-electron chi connectivity index (χ4n) is 9.85. The minimum absolute atomic E-state index is 0.0185. The normalized spacial score (nSPS) is 14.9. The van der Waals surface area contributed by atoms with Crippen LogP contribution in [0.1, 0.15) is 272 Å². The molecule has 0 bridgehead atoms. The van der Waals surface area contributed by atoms with Crippen LogP contribution in [0.2, 0.25) is 0 Å². The molecule has 0 radical (unpaired) electrons. The molecule has 0 amide bonds. The molecule has 0 aromatic rings. The summed E-state index contributed by atoms with van der Waals surface area (Å²) in [5, 5.41) is 10.7. The summed E-state index contributed by atoms with van der Waals surface area (Å²) in [6.07, 6.45) is 102. The number of carbonyl (C=O) groups is 4. The second-order valence-electron chi connectivity index (χ2n) is 26.2. The number of aliphatic hydroxyl groups excluding tert-OH is 1. The highest BCUT2D eigenvalue weighted by Crippen LogP contribution is 2.45. The van der Waals surface area contributed by atoms with E-state index in [2.05, 4.69) is 204 Å². The summed E-state index contributed by atoms with van der Waals surface area (Å²) >= 11 is 0. The molecule has 5 unspecified atom stereocenters. The van der Waals surface area contributed by atoms with Gasteiger partial charge in [0.25, 0.3) is 0 Å². The summed E-state index contributed by atoms with van der Waals surface area (Å²) in [7, 11) is -10.1. The van der Waals surface area contributed by atoms with E-state index >= 15 is 0 Å². The van der Waals surface area contributed by atoms with Gasteiger partial charge in [0.05, 0.1) is 32.8 Å². The summed E-state index contributed by atoms with van der Waals surface area (Å²) in [6, 6.07) is 0. The Morgan fingerprint density at radius 3 is 0.864 bits per heavy atom. The van der Waals surface area contributed by atoms with E-state index in [1.165, 1.54) is 19.3 Å². The van der Waals surface area contributed by atoms with Gasteiger partial charge in [0.1, 0.15) is 19.3 Å². The molecule has 0 aromatic carbocycles. The van der Waals surface area contributed by atoms with Crippen LogP contribution in [-0.4, -0.2) is 96.7 Å². The molecule has 0 heterocycles. The first-order chi connectivity index (χ1) is 53.7. The molecule has 0 aliphatic carbocycles. The number of rotatable bonds is 74. The van der Waals surface area contributed by atoms with Crippen molar-refractivity contribution in [2.45, 2.75) is 290 Å². The average Bonchev–Trinajstić information content (AvgIpc) is 0.906. The number of aliphatic hydroxyl groups is 1. The minimum atomic E-state index is -5.03. The second kappa shape index (κ2) is 80.4. The topological polar surface area (TPSA) is 237 Å². The number of phosphoric acid groups is 2. The van der Waals surface area contributed by atoms with Gasteiger partial charge in [-0.3, -0.25) is 37.3 Å². The quantitative estimate of drug-likeness (QED) is 0.0169. The van der Waals surface area contributed by atoms with E-state index < -0.39 is 97.5 Å². The first kappa shape index (κ1) is 103. The standard InChI is InChI=1S/C91H142O17P2/c1-5-9-13-17-21-25-29-33-37-40-42-45-48-51-55-59-63-67-71-75-88(93)101-81-86(107-90(95)77-73-69-65-61-57-53-47-36-32-28-24-20-16-12-8-4)83-105-109(97,98)103-79-85(92)80-104-110(99,100)106-84-87(108-91(96)78-74-70-66-62-58-54-50-44-39-35-31-27-23-19-15-11-7-3)82-102-89(94)76-72-68-64-60-56-52-49-46-43-41-38-34-30-26-22-18-14-10-6-2/h10-12,14-16,21-28,33-39,42-43,45-47,50,52,54,56-57,61,64,68-69,73,85-87,92H,5-9,13,17-20,29-32,40-41,44,48-49,51,53,55,58-60,62-63,65-67,70-72,74-84H2,1-4H3,(H,97,98)(H,99,100)/b14-10-,15-11-,16-12-,25-21-,26-22-,27-23-,28-24-,37-33-,38-34-,39-35-,45-42-,46-43-,47-36-,54-50-,56-52-,61-57-,68-64-,73-69-. The molecule has 17 nitrogen and oxygen atoms in total. The highest BCUT2D eigenvalue weighted by Gasteiger charge is 2.30. The summed E-state index contributed by atoms with van der Waals surface area (Å²) in [5.41, 5.74) is 0. The van der Waals surface area contributed by atoms with Crippen LogP contribution in [0, 0.1) is 0 Å². The molecule has 0 spiro atoms. The van der Waals surface area contributed by atoms with E-state index in [4.69, 9.17) is 37.0 Å². The zero-order chi connectivity index (χ0) is 80.3. The smallest absolute Gasteiger partial charge is 0.462 e. The maximum atomic E-state index is 13.1. The highest BCUT2D eigenvalue weighted by atomic mass is 31.2. The molecule has 0 aliphatic rings. The number of carbonyl (C=O) groups excluding carboxylic acids is 4. The van der Waals surface area contributed by atoms with Gasteiger partial charge in [-0.2, -0.15) is 0 Å². The molecule has 618 valence electrons. The number of hydrogen-bond acceptors (Lipinski definition) is 15. The number of esters is 4. The molecule has 3 N–H and O–H groups in total. The minimum Gasteiger partial charge on any atom is -0.462 e. The maximum Gasteiger partial charge on any atom is 0.472 e. The van der Waals surface area contributed by atoms with Crippen LogP contribution in [0.25, 0.3) is 0 Å². The predicted octanol–water partition coefficient (Wildman–Crippen LogP) is 24.4. The Labute approximate surface area is 664 Å². The first-order valence-electron chi connectivity index (χ1n) is 41.0. The second-order valence-corrected chi connectivity index (χ2v) is 29.1. The Hall–Kier alpha value is -6.62. The van der Waals surface area contributed by atoms with Crippen LogP contribution in [0.4, 0.5) is 0 Å². The van der Waals surface area contributed by atoms with E-state index in [-0.39, 0.29) is 25.7 Å². The van der Waals surface area contributed by atoms with Crippen LogP contribution in [0.3, 0.4) is 0 Å². The summed E-state index contributed by atoms with van der Waals surface area (Å²) in [6.45, 7) is 4.23. The number of unbranched alkanes of at least 4 members (excludes halogenated alkanes) is 13. The summed E-state index contributed by atoms with van der Waals surface area (Å²) in [5.74, 6) is -2.49. The summed E-state index contributed by atoms with van der Waals surface area (Å²) in [4.78, 5) is 73.1. The van der Waals surface area contributed by atoms with E-state index in [0.29, 0.717) is 32.1 Å². The fraction of sp³-hybridized carbons (Fsp3) is 0.560. The molecule has 110 heavy (non-hydrogen) atoms. The lowest BCUT2D eigenvalue weighted by Gasteiger charge is -2.21. The number of hydrogen-bond donors (Lipinski definition) is 3. The van der Waals surface area contributed by atoms with Gasteiger partial charge in [-0.25, -0.2) is 9.13 Å².